The molecule has 132 valence electrons. The number of halogens is 4. The van der Waals surface area contributed by atoms with Crippen LogP contribution in [0.25, 0.3) is 0 Å². The molecule has 8 heteroatoms. The molecule has 1 aliphatic rings. The van der Waals surface area contributed by atoms with E-state index in [1.165, 1.54) is 12.1 Å². The summed E-state index contributed by atoms with van der Waals surface area (Å²) in [6.45, 7) is 6.01. The summed E-state index contributed by atoms with van der Waals surface area (Å²) in [6, 6.07) is 3.00. The number of hydrogen-bond acceptors (Lipinski definition) is 3. The Morgan fingerprint density at radius 3 is 2.17 bits per heavy atom. The highest BCUT2D eigenvalue weighted by atomic mass is 35.5. The predicted octanol–water partition coefficient (Wildman–Crippen LogP) is 2.36. The molecule has 1 aromatic rings. The van der Waals surface area contributed by atoms with E-state index >= 15 is 0 Å². The maximum atomic E-state index is 13.8. The molecule has 1 aromatic carbocycles. The first kappa shape index (κ1) is 22.1. The Balaban J connectivity index is 0.00000242. The molecule has 0 saturated carbocycles. The van der Waals surface area contributed by atoms with Gasteiger partial charge >= 0.3 is 0 Å². The van der Waals surface area contributed by atoms with E-state index in [0.717, 1.165) is 6.07 Å². The average Bonchev–Trinajstić information content (AvgIpc) is 2.46. The first-order valence-corrected chi connectivity index (χ1v) is 7.13. The van der Waals surface area contributed by atoms with Crippen LogP contribution in [0.4, 0.5) is 8.78 Å². The van der Waals surface area contributed by atoms with Crippen molar-refractivity contribution in [1.82, 2.24) is 9.80 Å². The summed E-state index contributed by atoms with van der Waals surface area (Å²) >= 11 is 0. The van der Waals surface area contributed by atoms with Crippen LogP contribution in [0.15, 0.2) is 18.2 Å². The van der Waals surface area contributed by atoms with E-state index in [1.54, 1.807) is 11.8 Å². The van der Waals surface area contributed by atoms with Crippen molar-refractivity contribution in [2.75, 3.05) is 26.2 Å². The van der Waals surface area contributed by atoms with E-state index in [-0.39, 0.29) is 36.8 Å². The summed E-state index contributed by atoms with van der Waals surface area (Å²) in [7, 11) is 0. The van der Waals surface area contributed by atoms with Crippen LogP contribution in [-0.2, 0) is 4.79 Å². The van der Waals surface area contributed by atoms with Crippen molar-refractivity contribution in [1.29, 1.82) is 0 Å². The minimum Gasteiger partial charge on any atom is -0.339 e. The van der Waals surface area contributed by atoms with Crippen LogP contribution < -0.4 is 5.73 Å². The zero-order valence-corrected chi connectivity index (χ0v) is 14.8. The third-order valence-corrected chi connectivity index (χ3v) is 3.98. The molecule has 0 bridgehead atoms. The van der Waals surface area contributed by atoms with Crippen molar-refractivity contribution in [3.8, 4) is 0 Å². The molecule has 1 amide bonds. The third kappa shape index (κ3) is 5.28. The summed E-state index contributed by atoms with van der Waals surface area (Å²) in [5.41, 5.74) is 6.07. The highest BCUT2D eigenvalue weighted by molar-refractivity contribution is 5.85. The van der Waals surface area contributed by atoms with Gasteiger partial charge < -0.3 is 10.6 Å². The first-order valence-electron chi connectivity index (χ1n) is 7.13. The number of nitrogens with zero attached hydrogens (tertiary/aromatic N) is 2. The maximum absolute atomic E-state index is 13.8. The van der Waals surface area contributed by atoms with E-state index in [2.05, 4.69) is 4.90 Å². The molecule has 4 nitrogen and oxygen atoms in total. The second-order valence-corrected chi connectivity index (χ2v) is 5.49. The number of carbonyl (C=O) groups is 1. The summed E-state index contributed by atoms with van der Waals surface area (Å²) in [5, 5.41) is 0. The molecule has 2 atom stereocenters. The third-order valence-electron chi connectivity index (χ3n) is 3.98. The highest BCUT2D eigenvalue weighted by Crippen LogP contribution is 2.24. The van der Waals surface area contributed by atoms with Crippen molar-refractivity contribution in [2.45, 2.75) is 25.9 Å². The Labute approximate surface area is 147 Å². The topological polar surface area (TPSA) is 49.6 Å². The fourth-order valence-electron chi connectivity index (χ4n) is 2.65. The molecule has 0 radical (unpaired) electrons. The van der Waals surface area contributed by atoms with Crippen LogP contribution >= 0.6 is 24.8 Å². The molecule has 1 fully saturated rings. The number of benzene rings is 1. The number of carbonyl (C=O) groups excluding carboxylic acids is 1. The number of rotatable bonds is 3. The summed E-state index contributed by atoms with van der Waals surface area (Å²) < 4.78 is 26.8. The zero-order valence-electron chi connectivity index (χ0n) is 13.2. The Morgan fingerprint density at radius 1 is 1.13 bits per heavy atom. The van der Waals surface area contributed by atoms with Gasteiger partial charge in [-0.05, 0) is 19.9 Å². The largest absolute Gasteiger partial charge is 0.339 e. The molecule has 0 aliphatic carbocycles. The van der Waals surface area contributed by atoms with E-state index < -0.39 is 17.7 Å². The molecule has 1 heterocycles. The quantitative estimate of drug-likeness (QED) is 0.889. The number of hydrogen-bond donors (Lipinski definition) is 1. The van der Waals surface area contributed by atoms with Crippen LogP contribution in [0.1, 0.15) is 25.5 Å². The fraction of sp³-hybridized carbons (Fsp3) is 0.533. The number of nitrogens with two attached hydrogens (primary N) is 1. The molecule has 23 heavy (non-hydrogen) atoms. The number of amides is 1. The minimum atomic E-state index is -0.573. The van der Waals surface area contributed by atoms with E-state index in [1.807, 2.05) is 6.92 Å². The van der Waals surface area contributed by atoms with Crippen LogP contribution in [0.3, 0.4) is 0 Å². The van der Waals surface area contributed by atoms with E-state index in [4.69, 9.17) is 5.73 Å². The van der Waals surface area contributed by atoms with Gasteiger partial charge in [0.25, 0.3) is 0 Å². The molecule has 2 N–H and O–H groups in total. The van der Waals surface area contributed by atoms with Gasteiger partial charge in [0.15, 0.2) is 0 Å². The monoisotopic (exact) mass is 369 g/mol. The summed E-state index contributed by atoms with van der Waals surface area (Å²) in [4.78, 5) is 15.6. The van der Waals surface area contributed by atoms with Crippen LogP contribution in [0.5, 0.6) is 0 Å². The van der Waals surface area contributed by atoms with E-state index in [0.29, 0.717) is 31.7 Å². The predicted molar refractivity (Wildman–Crippen MR) is 91.1 cm³/mol. The second kappa shape index (κ2) is 9.37. The lowest BCUT2D eigenvalue weighted by Crippen LogP contribution is -2.52. The van der Waals surface area contributed by atoms with Crippen molar-refractivity contribution < 1.29 is 13.6 Å². The molecule has 1 saturated heterocycles. The van der Waals surface area contributed by atoms with Gasteiger partial charge in [0, 0.05) is 43.9 Å². The molecule has 0 aromatic heterocycles. The van der Waals surface area contributed by atoms with Gasteiger partial charge in [-0.1, -0.05) is 6.07 Å². The van der Waals surface area contributed by atoms with Gasteiger partial charge in [-0.15, -0.1) is 24.8 Å². The van der Waals surface area contributed by atoms with Gasteiger partial charge in [-0.3, -0.25) is 9.69 Å². The lowest BCUT2D eigenvalue weighted by molar-refractivity contribution is -0.134. The van der Waals surface area contributed by atoms with Gasteiger partial charge in [-0.25, -0.2) is 8.78 Å². The van der Waals surface area contributed by atoms with E-state index in [9.17, 15) is 13.6 Å². The standard InChI is InChI=1S/C15H21F2N3O.2ClH/c1-10(18)15(21)20-7-5-19(6-8-20)11(2)13-4-3-12(16)9-14(13)17;;/h3-4,9-11H,5-8,18H2,1-2H3;2*1H/t10-,11?;;/m1../s1. The molecule has 1 unspecified atom stereocenters. The maximum Gasteiger partial charge on any atom is 0.239 e. The normalized spacial score (nSPS) is 17.7. The zero-order chi connectivity index (χ0) is 15.6. The average molecular weight is 370 g/mol. The van der Waals surface area contributed by atoms with Crippen molar-refractivity contribution in [3.05, 3.63) is 35.4 Å². The Morgan fingerprint density at radius 2 is 1.70 bits per heavy atom. The molecule has 0 spiro atoms. The van der Waals surface area contributed by atoms with Crippen LogP contribution in [-0.4, -0.2) is 47.9 Å². The Hall–Kier alpha value is -0.950. The summed E-state index contributed by atoms with van der Waals surface area (Å²) in [6.07, 6.45) is 0. The Kier molecular flexibility index (Phi) is 8.98. The molecular weight excluding hydrogens is 347 g/mol. The molecule has 1 aliphatic heterocycles. The van der Waals surface area contributed by atoms with Crippen LogP contribution in [0, 0.1) is 11.6 Å². The molecule has 2 rings (SSSR count). The molecular formula is C15H23Cl2F2N3O. The van der Waals surface area contributed by atoms with Crippen molar-refractivity contribution >= 4 is 30.7 Å². The van der Waals surface area contributed by atoms with Gasteiger partial charge in [-0.2, -0.15) is 0 Å². The SMILES string of the molecule is CC(c1ccc(F)cc1F)N1CCN(C(=O)[C@@H](C)N)CC1.Cl.Cl. The van der Waals surface area contributed by atoms with Crippen LogP contribution in [0.2, 0.25) is 0 Å². The first-order chi connectivity index (χ1) is 9.90. The lowest BCUT2D eigenvalue weighted by atomic mass is 10.1. The fourth-order valence-corrected chi connectivity index (χ4v) is 2.65. The van der Waals surface area contributed by atoms with Gasteiger partial charge in [0.2, 0.25) is 5.91 Å². The summed E-state index contributed by atoms with van der Waals surface area (Å²) in [5.74, 6) is -1.16. The Bertz CT molecular complexity index is 523. The van der Waals surface area contributed by atoms with Crippen molar-refractivity contribution in [3.63, 3.8) is 0 Å². The van der Waals surface area contributed by atoms with Crippen molar-refractivity contribution in [2.24, 2.45) is 5.73 Å². The van der Waals surface area contributed by atoms with Gasteiger partial charge in [0.05, 0.1) is 6.04 Å². The van der Waals surface area contributed by atoms with Gasteiger partial charge in [0.1, 0.15) is 11.6 Å². The number of piperazine rings is 1. The lowest BCUT2D eigenvalue weighted by Gasteiger charge is -2.38. The minimum absolute atomic E-state index is 0. The highest BCUT2D eigenvalue weighted by Gasteiger charge is 2.27. The second-order valence-electron chi connectivity index (χ2n) is 5.49. The smallest absolute Gasteiger partial charge is 0.239 e.